The molecule has 3 heteroatoms. The van der Waals surface area contributed by atoms with Crippen molar-refractivity contribution in [2.45, 2.75) is 6.92 Å². The van der Waals surface area contributed by atoms with Gasteiger partial charge in [0, 0.05) is 17.8 Å². The molecule has 0 spiro atoms. The SMILES string of the molecule is Cc1ccc(-c2cc3nccc(Cl)c3o2)cc1. The van der Waals surface area contributed by atoms with E-state index in [4.69, 9.17) is 16.0 Å². The number of benzene rings is 1. The van der Waals surface area contributed by atoms with E-state index in [-0.39, 0.29) is 0 Å². The average molecular weight is 244 g/mol. The Hall–Kier alpha value is -1.80. The number of rotatable bonds is 1. The lowest BCUT2D eigenvalue weighted by molar-refractivity contribution is 0.631. The Labute approximate surface area is 104 Å². The van der Waals surface area contributed by atoms with Gasteiger partial charge in [0.15, 0.2) is 5.58 Å². The molecule has 0 bridgehead atoms. The lowest BCUT2D eigenvalue weighted by atomic mass is 10.1. The predicted molar refractivity (Wildman–Crippen MR) is 69.2 cm³/mol. The average Bonchev–Trinajstić information content (AvgIpc) is 2.75. The van der Waals surface area contributed by atoms with Gasteiger partial charge in [0.1, 0.15) is 11.3 Å². The molecule has 0 amide bonds. The molecule has 2 heterocycles. The third kappa shape index (κ3) is 1.81. The number of hydrogen-bond acceptors (Lipinski definition) is 2. The minimum atomic E-state index is 0.591. The monoisotopic (exact) mass is 243 g/mol. The van der Waals surface area contributed by atoms with E-state index >= 15 is 0 Å². The minimum absolute atomic E-state index is 0.591. The second kappa shape index (κ2) is 3.90. The number of hydrogen-bond donors (Lipinski definition) is 0. The van der Waals surface area contributed by atoms with Gasteiger partial charge in [0.05, 0.1) is 5.02 Å². The van der Waals surface area contributed by atoms with Gasteiger partial charge >= 0.3 is 0 Å². The summed E-state index contributed by atoms with van der Waals surface area (Å²) >= 11 is 6.05. The zero-order valence-corrected chi connectivity index (χ0v) is 10.0. The lowest BCUT2D eigenvalue weighted by Crippen LogP contribution is -1.74. The number of furan rings is 1. The van der Waals surface area contributed by atoms with E-state index < -0.39 is 0 Å². The third-order valence-corrected chi connectivity index (χ3v) is 3.00. The van der Waals surface area contributed by atoms with Gasteiger partial charge in [-0.1, -0.05) is 41.4 Å². The number of halogens is 1. The third-order valence-electron chi connectivity index (χ3n) is 2.70. The van der Waals surface area contributed by atoms with Crippen LogP contribution in [0.3, 0.4) is 0 Å². The zero-order valence-electron chi connectivity index (χ0n) is 9.27. The Balaban J connectivity index is 2.18. The van der Waals surface area contributed by atoms with Crippen LogP contribution in [0.1, 0.15) is 5.56 Å². The van der Waals surface area contributed by atoms with E-state index in [1.807, 2.05) is 18.2 Å². The topological polar surface area (TPSA) is 26.0 Å². The zero-order chi connectivity index (χ0) is 11.8. The summed E-state index contributed by atoms with van der Waals surface area (Å²) < 4.78 is 5.73. The highest BCUT2D eigenvalue weighted by Crippen LogP contribution is 2.30. The minimum Gasteiger partial charge on any atom is -0.453 e. The standard InChI is InChI=1S/C14H10ClNO/c1-9-2-4-10(5-3-9)13-8-12-14(17-13)11(15)6-7-16-12/h2-8H,1H3. The Morgan fingerprint density at radius 2 is 1.88 bits per heavy atom. The van der Waals surface area contributed by atoms with Crippen LogP contribution in [-0.2, 0) is 0 Å². The van der Waals surface area contributed by atoms with Gasteiger partial charge < -0.3 is 4.42 Å². The summed E-state index contributed by atoms with van der Waals surface area (Å²) in [6.45, 7) is 2.06. The van der Waals surface area contributed by atoms with Crippen molar-refractivity contribution < 1.29 is 4.42 Å². The lowest BCUT2D eigenvalue weighted by Gasteiger charge is -1.96. The molecule has 2 nitrogen and oxygen atoms in total. The molecule has 0 aliphatic heterocycles. The van der Waals surface area contributed by atoms with Gasteiger partial charge in [-0.15, -0.1) is 0 Å². The van der Waals surface area contributed by atoms with E-state index in [0.29, 0.717) is 10.6 Å². The van der Waals surface area contributed by atoms with Crippen LogP contribution in [-0.4, -0.2) is 4.98 Å². The summed E-state index contributed by atoms with van der Waals surface area (Å²) in [6.07, 6.45) is 1.68. The molecule has 0 N–H and O–H groups in total. The Kier molecular flexibility index (Phi) is 2.37. The molecule has 0 atom stereocenters. The smallest absolute Gasteiger partial charge is 0.171 e. The van der Waals surface area contributed by atoms with Crippen molar-refractivity contribution in [2.75, 3.05) is 0 Å². The number of aromatic nitrogens is 1. The summed E-state index contributed by atoms with van der Waals surface area (Å²) in [5.74, 6) is 0.792. The van der Waals surface area contributed by atoms with E-state index in [0.717, 1.165) is 16.8 Å². The highest BCUT2D eigenvalue weighted by atomic mass is 35.5. The fraction of sp³-hybridized carbons (Fsp3) is 0.0714. The van der Waals surface area contributed by atoms with E-state index in [9.17, 15) is 0 Å². The van der Waals surface area contributed by atoms with Gasteiger partial charge in [-0.05, 0) is 13.0 Å². The molecule has 3 aromatic rings. The molecule has 0 saturated heterocycles. The van der Waals surface area contributed by atoms with Crippen molar-refractivity contribution in [2.24, 2.45) is 0 Å². The number of nitrogens with zero attached hydrogens (tertiary/aromatic N) is 1. The molecular weight excluding hydrogens is 234 g/mol. The van der Waals surface area contributed by atoms with Gasteiger partial charge in [0.25, 0.3) is 0 Å². The van der Waals surface area contributed by atoms with Crippen molar-refractivity contribution in [3.8, 4) is 11.3 Å². The van der Waals surface area contributed by atoms with Crippen LogP contribution in [0.2, 0.25) is 5.02 Å². The van der Waals surface area contributed by atoms with Crippen molar-refractivity contribution in [3.63, 3.8) is 0 Å². The second-order valence-electron chi connectivity index (χ2n) is 3.98. The molecule has 0 fully saturated rings. The summed E-state index contributed by atoms with van der Waals surface area (Å²) in [4.78, 5) is 4.23. The van der Waals surface area contributed by atoms with Crippen LogP contribution in [0.5, 0.6) is 0 Å². The molecule has 1 aromatic carbocycles. The summed E-state index contributed by atoms with van der Waals surface area (Å²) in [5.41, 5.74) is 3.68. The van der Waals surface area contributed by atoms with Gasteiger partial charge in [-0.3, -0.25) is 4.98 Å². The maximum Gasteiger partial charge on any atom is 0.171 e. The highest BCUT2D eigenvalue weighted by molar-refractivity contribution is 6.34. The molecule has 0 unspecified atom stereocenters. The van der Waals surface area contributed by atoms with E-state index in [1.165, 1.54) is 5.56 Å². The first-order chi connectivity index (χ1) is 8.24. The Morgan fingerprint density at radius 3 is 2.59 bits per heavy atom. The molecular formula is C14H10ClNO. The first-order valence-electron chi connectivity index (χ1n) is 5.35. The molecule has 84 valence electrons. The van der Waals surface area contributed by atoms with E-state index in [1.54, 1.807) is 12.3 Å². The van der Waals surface area contributed by atoms with Crippen LogP contribution in [0.25, 0.3) is 22.4 Å². The molecule has 0 aliphatic carbocycles. The molecule has 17 heavy (non-hydrogen) atoms. The van der Waals surface area contributed by atoms with Gasteiger partial charge in [-0.25, -0.2) is 0 Å². The maximum atomic E-state index is 6.05. The van der Waals surface area contributed by atoms with Crippen LogP contribution < -0.4 is 0 Å². The predicted octanol–water partition coefficient (Wildman–Crippen LogP) is 4.46. The summed E-state index contributed by atoms with van der Waals surface area (Å²) in [6, 6.07) is 11.8. The van der Waals surface area contributed by atoms with Gasteiger partial charge in [-0.2, -0.15) is 0 Å². The molecule has 0 radical (unpaired) electrons. The molecule has 0 saturated carbocycles. The number of fused-ring (bicyclic) bond motifs is 1. The fourth-order valence-corrected chi connectivity index (χ4v) is 1.96. The van der Waals surface area contributed by atoms with Crippen molar-refractivity contribution in [3.05, 3.63) is 53.2 Å². The Bertz CT molecular complexity index is 670. The second-order valence-corrected chi connectivity index (χ2v) is 4.39. The largest absolute Gasteiger partial charge is 0.453 e. The van der Waals surface area contributed by atoms with E-state index in [2.05, 4.69) is 24.0 Å². The van der Waals surface area contributed by atoms with Crippen LogP contribution in [0, 0.1) is 6.92 Å². The van der Waals surface area contributed by atoms with Crippen molar-refractivity contribution >= 4 is 22.7 Å². The highest BCUT2D eigenvalue weighted by Gasteiger charge is 2.09. The van der Waals surface area contributed by atoms with Crippen LogP contribution in [0.4, 0.5) is 0 Å². The van der Waals surface area contributed by atoms with Crippen LogP contribution >= 0.6 is 11.6 Å². The van der Waals surface area contributed by atoms with Gasteiger partial charge in [0.2, 0.25) is 0 Å². The fourth-order valence-electron chi connectivity index (χ4n) is 1.77. The molecule has 3 rings (SSSR count). The number of aryl methyl sites for hydroxylation is 1. The normalized spacial score (nSPS) is 10.9. The first-order valence-corrected chi connectivity index (χ1v) is 5.73. The molecule has 2 aromatic heterocycles. The summed E-state index contributed by atoms with van der Waals surface area (Å²) in [5, 5.41) is 0.591. The quantitative estimate of drug-likeness (QED) is 0.631. The van der Waals surface area contributed by atoms with Crippen LogP contribution in [0.15, 0.2) is 47.0 Å². The maximum absolute atomic E-state index is 6.05. The van der Waals surface area contributed by atoms with Crippen molar-refractivity contribution in [1.82, 2.24) is 4.98 Å². The first kappa shape index (κ1) is 10.4. The Morgan fingerprint density at radius 1 is 1.12 bits per heavy atom. The molecule has 0 aliphatic rings. The van der Waals surface area contributed by atoms with Crippen molar-refractivity contribution in [1.29, 1.82) is 0 Å². The summed E-state index contributed by atoms with van der Waals surface area (Å²) in [7, 11) is 0. The number of pyridine rings is 1.